The van der Waals surface area contributed by atoms with Crippen LogP contribution in [0.1, 0.15) is 46.0 Å². The van der Waals surface area contributed by atoms with E-state index in [0.717, 1.165) is 25.1 Å². The van der Waals surface area contributed by atoms with Gasteiger partial charge >= 0.3 is 12.0 Å². The van der Waals surface area contributed by atoms with Crippen LogP contribution in [0.3, 0.4) is 0 Å². The Morgan fingerprint density at radius 3 is 2.41 bits per heavy atom. The third-order valence-electron chi connectivity index (χ3n) is 5.98. The van der Waals surface area contributed by atoms with Gasteiger partial charge in [-0.25, -0.2) is 14.0 Å². The number of ether oxygens (including phenoxy) is 1. The molecule has 2 amide bonds. The number of rotatable bonds is 9. The average Bonchev–Trinajstić information content (AvgIpc) is 2.82. The third kappa shape index (κ3) is 6.85. The van der Waals surface area contributed by atoms with Gasteiger partial charge in [0.2, 0.25) is 0 Å². The molecule has 0 unspecified atom stereocenters. The highest BCUT2D eigenvalue weighted by molar-refractivity contribution is 6.03. The molecule has 1 saturated carbocycles. The second kappa shape index (κ2) is 11.7. The summed E-state index contributed by atoms with van der Waals surface area (Å²) in [6.07, 6.45) is 5.77. The number of aliphatic carboxylic acids is 1. The molecule has 0 aliphatic heterocycles. The molecule has 0 bridgehead atoms. The fourth-order valence-corrected chi connectivity index (χ4v) is 4.31. The number of nitrogens with one attached hydrogen (secondary N) is 1. The summed E-state index contributed by atoms with van der Waals surface area (Å²) < 4.78 is 18.7. The Morgan fingerprint density at radius 1 is 1.12 bits per heavy atom. The molecule has 2 aromatic carbocycles. The van der Waals surface area contributed by atoms with Crippen molar-refractivity contribution in [1.29, 1.82) is 0 Å². The Balaban J connectivity index is 1.93. The number of hydrogen-bond donors (Lipinski definition) is 2. The van der Waals surface area contributed by atoms with E-state index in [9.17, 15) is 14.0 Å². The fourth-order valence-electron chi connectivity index (χ4n) is 4.31. The summed E-state index contributed by atoms with van der Waals surface area (Å²) >= 11 is 0. The van der Waals surface area contributed by atoms with Crippen molar-refractivity contribution >= 4 is 29.1 Å². The molecule has 3 rings (SSSR count). The number of benzene rings is 2. The lowest BCUT2D eigenvalue weighted by molar-refractivity contribution is -0.139. The van der Waals surface area contributed by atoms with Crippen molar-refractivity contribution in [2.45, 2.75) is 52.0 Å². The minimum absolute atomic E-state index is 0.360. The van der Waals surface area contributed by atoms with E-state index in [1.807, 2.05) is 6.07 Å². The number of amides is 2. The molecular weight excluding hydrogens is 437 g/mol. The van der Waals surface area contributed by atoms with Crippen molar-refractivity contribution in [2.75, 3.05) is 35.3 Å². The van der Waals surface area contributed by atoms with Crippen LogP contribution in [-0.4, -0.2) is 43.3 Å². The van der Waals surface area contributed by atoms with E-state index >= 15 is 0 Å². The van der Waals surface area contributed by atoms with Gasteiger partial charge in [0.15, 0.2) is 6.61 Å². The normalized spacial score (nSPS) is 14.0. The minimum Gasteiger partial charge on any atom is -0.482 e. The van der Waals surface area contributed by atoms with Gasteiger partial charge in [-0.3, -0.25) is 4.90 Å². The Kier molecular flexibility index (Phi) is 8.73. The molecule has 0 heterocycles. The first-order valence-electron chi connectivity index (χ1n) is 11.8. The van der Waals surface area contributed by atoms with Gasteiger partial charge in [-0.15, -0.1) is 0 Å². The monoisotopic (exact) mass is 471 g/mol. The average molecular weight is 472 g/mol. The summed E-state index contributed by atoms with van der Waals surface area (Å²) in [5, 5.41) is 12.0. The second-order valence-electron chi connectivity index (χ2n) is 9.16. The number of carbonyl (C=O) groups excluding carboxylic acids is 1. The lowest BCUT2D eigenvalue weighted by Gasteiger charge is -2.38. The highest BCUT2D eigenvalue weighted by Crippen LogP contribution is 2.36. The molecule has 0 aromatic heterocycles. The van der Waals surface area contributed by atoms with Crippen molar-refractivity contribution < 1.29 is 23.8 Å². The minimum atomic E-state index is -1.07. The number of anilines is 3. The molecule has 0 atom stereocenters. The van der Waals surface area contributed by atoms with Crippen molar-refractivity contribution in [3.05, 3.63) is 48.3 Å². The van der Waals surface area contributed by atoms with Gasteiger partial charge in [0.25, 0.3) is 0 Å². The highest BCUT2D eigenvalue weighted by atomic mass is 19.1. The molecule has 2 aromatic rings. The first-order valence-corrected chi connectivity index (χ1v) is 11.8. The van der Waals surface area contributed by atoms with Crippen molar-refractivity contribution in [1.82, 2.24) is 0 Å². The summed E-state index contributed by atoms with van der Waals surface area (Å²) in [6.45, 7) is 4.69. The summed E-state index contributed by atoms with van der Waals surface area (Å²) in [6, 6.07) is 11.0. The smallest absolute Gasteiger partial charge is 0.341 e. The predicted molar refractivity (Wildman–Crippen MR) is 132 cm³/mol. The second-order valence-corrected chi connectivity index (χ2v) is 9.16. The van der Waals surface area contributed by atoms with Gasteiger partial charge in [-0.2, -0.15) is 0 Å². The molecule has 8 heteroatoms. The SMILES string of the molecule is CC(C)CN(c1ccc(OCC(=O)O)cc1NC(=O)N(C)c1ccc(F)cc1)C1CCCCC1. The van der Waals surface area contributed by atoms with Crippen molar-refractivity contribution in [3.8, 4) is 5.75 Å². The maximum Gasteiger partial charge on any atom is 0.341 e. The summed E-state index contributed by atoms with van der Waals surface area (Å²) in [5.74, 6) is -0.677. The zero-order chi connectivity index (χ0) is 24.7. The zero-order valence-electron chi connectivity index (χ0n) is 20.1. The Labute approximate surface area is 200 Å². The van der Waals surface area contributed by atoms with E-state index < -0.39 is 18.6 Å². The first kappa shape index (κ1) is 25.3. The number of urea groups is 1. The van der Waals surface area contributed by atoms with E-state index in [2.05, 4.69) is 24.1 Å². The molecule has 34 heavy (non-hydrogen) atoms. The van der Waals surface area contributed by atoms with E-state index in [0.29, 0.717) is 29.1 Å². The number of halogens is 1. The van der Waals surface area contributed by atoms with Crippen LogP contribution in [0.4, 0.5) is 26.2 Å². The Bertz CT molecular complexity index is 975. The predicted octanol–water partition coefficient (Wildman–Crippen LogP) is 5.75. The molecule has 0 radical (unpaired) electrons. The molecule has 7 nitrogen and oxygen atoms in total. The van der Waals surface area contributed by atoms with Crippen LogP contribution in [0.2, 0.25) is 0 Å². The lowest BCUT2D eigenvalue weighted by atomic mass is 9.93. The molecule has 0 spiro atoms. The van der Waals surface area contributed by atoms with Crippen LogP contribution in [-0.2, 0) is 4.79 Å². The molecule has 0 saturated heterocycles. The molecule has 1 fully saturated rings. The summed E-state index contributed by atoms with van der Waals surface area (Å²) in [4.78, 5) is 27.9. The van der Waals surface area contributed by atoms with Crippen molar-refractivity contribution in [3.63, 3.8) is 0 Å². The Hall–Kier alpha value is -3.29. The maximum absolute atomic E-state index is 13.3. The lowest BCUT2D eigenvalue weighted by Crippen LogP contribution is -2.40. The van der Waals surface area contributed by atoms with Gasteiger partial charge < -0.3 is 20.1 Å². The third-order valence-corrected chi connectivity index (χ3v) is 5.98. The Morgan fingerprint density at radius 2 is 1.79 bits per heavy atom. The number of carbonyl (C=O) groups is 2. The van der Waals surface area contributed by atoms with Gasteiger partial charge in [0, 0.05) is 31.4 Å². The molecule has 1 aliphatic rings. The van der Waals surface area contributed by atoms with Crippen LogP contribution >= 0.6 is 0 Å². The van der Waals surface area contributed by atoms with E-state index in [-0.39, 0.29) is 5.82 Å². The highest BCUT2D eigenvalue weighted by Gasteiger charge is 2.25. The molecular formula is C26H34FN3O4. The summed E-state index contributed by atoms with van der Waals surface area (Å²) in [7, 11) is 1.61. The fraction of sp³-hybridized carbons (Fsp3) is 0.462. The number of carboxylic acids is 1. The van der Waals surface area contributed by atoms with E-state index in [4.69, 9.17) is 9.84 Å². The largest absolute Gasteiger partial charge is 0.482 e. The quantitative estimate of drug-likeness (QED) is 0.486. The zero-order valence-corrected chi connectivity index (χ0v) is 20.1. The van der Waals surface area contributed by atoms with Crippen LogP contribution in [0, 0.1) is 11.7 Å². The van der Waals surface area contributed by atoms with E-state index in [1.54, 1.807) is 19.2 Å². The molecule has 1 aliphatic carbocycles. The van der Waals surface area contributed by atoms with Gasteiger partial charge in [0.05, 0.1) is 11.4 Å². The van der Waals surface area contributed by atoms with Crippen LogP contribution in [0.5, 0.6) is 5.75 Å². The topological polar surface area (TPSA) is 82.1 Å². The van der Waals surface area contributed by atoms with Crippen LogP contribution in [0.15, 0.2) is 42.5 Å². The molecule has 184 valence electrons. The summed E-state index contributed by atoms with van der Waals surface area (Å²) in [5.41, 5.74) is 1.97. The van der Waals surface area contributed by atoms with Gasteiger partial charge in [-0.1, -0.05) is 33.1 Å². The number of hydrogen-bond acceptors (Lipinski definition) is 4. The maximum atomic E-state index is 13.3. The van der Waals surface area contributed by atoms with Crippen LogP contribution < -0.4 is 19.9 Å². The number of nitrogens with zero attached hydrogens (tertiary/aromatic N) is 2. The van der Waals surface area contributed by atoms with Crippen LogP contribution in [0.25, 0.3) is 0 Å². The van der Waals surface area contributed by atoms with Gasteiger partial charge in [-0.05, 0) is 55.2 Å². The van der Waals surface area contributed by atoms with Crippen molar-refractivity contribution in [2.24, 2.45) is 5.92 Å². The van der Waals surface area contributed by atoms with E-state index in [1.165, 1.54) is 48.4 Å². The first-order chi connectivity index (χ1) is 16.2. The molecule has 2 N–H and O–H groups in total. The standard InChI is InChI=1S/C26H34FN3O4/c1-18(2)16-30(21-7-5-4-6-8-21)24-14-13-22(34-17-25(31)32)15-23(24)28-26(33)29(3)20-11-9-19(27)10-12-20/h9-15,18,21H,4-8,16-17H2,1-3H3,(H,28,33)(H,31,32). The van der Waals surface area contributed by atoms with Gasteiger partial charge in [0.1, 0.15) is 11.6 Å². The number of carboxylic acid groups (broad SMARTS) is 1.